The number of aromatic nitrogens is 2. The molecule has 0 bridgehead atoms. The molecule has 128 valence electrons. The van der Waals surface area contributed by atoms with Gasteiger partial charge in [0, 0.05) is 11.5 Å². The van der Waals surface area contributed by atoms with Gasteiger partial charge in [0.15, 0.2) is 0 Å². The fourth-order valence-corrected chi connectivity index (χ4v) is 3.46. The zero-order chi connectivity index (χ0) is 18.3. The maximum atomic E-state index is 13.3. The summed E-state index contributed by atoms with van der Waals surface area (Å²) in [4.78, 5) is 12.6. The van der Waals surface area contributed by atoms with Gasteiger partial charge in [0.1, 0.15) is 17.6 Å². The van der Waals surface area contributed by atoms with Gasteiger partial charge < -0.3 is 5.32 Å². The van der Waals surface area contributed by atoms with Crippen LogP contribution in [0.2, 0.25) is 0 Å². The van der Waals surface area contributed by atoms with E-state index >= 15 is 0 Å². The number of aryl methyl sites for hydroxylation is 1. The molecule has 4 rings (SSSR count). The van der Waals surface area contributed by atoms with Crippen molar-refractivity contribution in [1.29, 1.82) is 5.26 Å². The maximum Gasteiger partial charge on any atom is 0.243 e. The van der Waals surface area contributed by atoms with Crippen molar-refractivity contribution in [3.05, 3.63) is 77.2 Å². The second kappa shape index (κ2) is 6.12. The standard InChI is InChI=1S/C20H15FN4O/c1-12-17-18(13-7-9-14(21)10-8-13)16(11-22)20(26)23-19(17)25(24-12)15-5-3-2-4-6-15/h2-10,16,18H,1H3,(H,23,26)/t16-,18+/m1/s1. The number of para-hydroxylation sites is 1. The van der Waals surface area contributed by atoms with E-state index in [1.54, 1.807) is 16.8 Å². The van der Waals surface area contributed by atoms with Gasteiger partial charge in [0.05, 0.1) is 17.5 Å². The van der Waals surface area contributed by atoms with Gasteiger partial charge in [-0.15, -0.1) is 0 Å². The lowest BCUT2D eigenvalue weighted by Gasteiger charge is -2.28. The number of nitriles is 1. The van der Waals surface area contributed by atoms with Crippen molar-refractivity contribution in [2.24, 2.45) is 5.92 Å². The highest BCUT2D eigenvalue weighted by Gasteiger charge is 2.41. The molecule has 2 atom stereocenters. The lowest BCUT2D eigenvalue weighted by molar-refractivity contribution is -0.119. The highest BCUT2D eigenvalue weighted by atomic mass is 19.1. The molecule has 1 aromatic heterocycles. The minimum Gasteiger partial charge on any atom is -0.309 e. The number of rotatable bonds is 2. The first kappa shape index (κ1) is 16.0. The van der Waals surface area contributed by atoms with Gasteiger partial charge in [-0.25, -0.2) is 9.07 Å². The van der Waals surface area contributed by atoms with E-state index in [1.165, 1.54) is 12.1 Å². The van der Waals surface area contributed by atoms with Crippen LogP contribution in [-0.4, -0.2) is 15.7 Å². The number of hydrogen-bond acceptors (Lipinski definition) is 3. The molecule has 6 heteroatoms. The molecule has 1 amide bonds. The van der Waals surface area contributed by atoms with E-state index in [4.69, 9.17) is 0 Å². The number of carbonyl (C=O) groups is 1. The molecule has 2 aromatic carbocycles. The molecule has 2 heterocycles. The second-order valence-electron chi connectivity index (χ2n) is 6.22. The van der Waals surface area contributed by atoms with E-state index < -0.39 is 11.8 Å². The highest BCUT2D eigenvalue weighted by molar-refractivity contribution is 5.98. The van der Waals surface area contributed by atoms with E-state index in [1.807, 2.05) is 37.3 Å². The van der Waals surface area contributed by atoms with Gasteiger partial charge in [0.2, 0.25) is 5.91 Å². The summed E-state index contributed by atoms with van der Waals surface area (Å²) in [6, 6.07) is 17.5. The van der Waals surface area contributed by atoms with Gasteiger partial charge >= 0.3 is 0 Å². The molecule has 0 unspecified atom stereocenters. The molecule has 5 nitrogen and oxygen atoms in total. The smallest absolute Gasteiger partial charge is 0.243 e. The molecule has 1 aliphatic heterocycles. The third kappa shape index (κ3) is 2.45. The molecular weight excluding hydrogens is 331 g/mol. The fourth-order valence-electron chi connectivity index (χ4n) is 3.46. The van der Waals surface area contributed by atoms with Crippen molar-refractivity contribution in [2.45, 2.75) is 12.8 Å². The van der Waals surface area contributed by atoms with Crippen molar-refractivity contribution in [2.75, 3.05) is 5.32 Å². The van der Waals surface area contributed by atoms with Crippen molar-refractivity contribution in [3.8, 4) is 11.8 Å². The normalized spacial score (nSPS) is 18.7. The van der Waals surface area contributed by atoms with Crippen LogP contribution >= 0.6 is 0 Å². The fraction of sp³-hybridized carbons (Fsp3) is 0.150. The molecule has 0 saturated heterocycles. The number of fused-ring (bicyclic) bond motifs is 1. The van der Waals surface area contributed by atoms with E-state index in [2.05, 4.69) is 16.5 Å². The molecule has 0 saturated carbocycles. The molecule has 0 radical (unpaired) electrons. The Morgan fingerprint density at radius 3 is 2.50 bits per heavy atom. The topological polar surface area (TPSA) is 70.7 Å². The molecule has 3 aromatic rings. The predicted molar refractivity (Wildman–Crippen MR) is 94.3 cm³/mol. The highest BCUT2D eigenvalue weighted by Crippen LogP contribution is 2.43. The summed E-state index contributed by atoms with van der Waals surface area (Å²) in [7, 11) is 0. The number of nitrogens with one attached hydrogen (secondary N) is 1. The molecule has 26 heavy (non-hydrogen) atoms. The Hall–Kier alpha value is -3.46. The maximum absolute atomic E-state index is 13.3. The minimum atomic E-state index is -0.903. The van der Waals surface area contributed by atoms with Crippen LogP contribution < -0.4 is 5.32 Å². The van der Waals surface area contributed by atoms with Crippen LogP contribution in [0.5, 0.6) is 0 Å². The molecular formula is C20H15FN4O. The van der Waals surface area contributed by atoms with Crippen LogP contribution in [0.15, 0.2) is 54.6 Å². The number of anilines is 1. The average molecular weight is 346 g/mol. The van der Waals surface area contributed by atoms with E-state index in [9.17, 15) is 14.4 Å². The summed E-state index contributed by atoms with van der Waals surface area (Å²) in [5, 5.41) is 17.0. The first-order valence-corrected chi connectivity index (χ1v) is 8.21. The first-order valence-electron chi connectivity index (χ1n) is 8.21. The average Bonchev–Trinajstić information content (AvgIpc) is 2.98. The third-order valence-corrected chi connectivity index (χ3v) is 4.64. The summed E-state index contributed by atoms with van der Waals surface area (Å²) in [6.07, 6.45) is 0. The van der Waals surface area contributed by atoms with Crippen LogP contribution in [0.25, 0.3) is 5.69 Å². The largest absolute Gasteiger partial charge is 0.309 e. The van der Waals surface area contributed by atoms with Gasteiger partial charge in [-0.1, -0.05) is 30.3 Å². The quantitative estimate of drug-likeness (QED) is 0.771. The summed E-state index contributed by atoms with van der Waals surface area (Å²) < 4.78 is 15.0. The lowest BCUT2D eigenvalue weighted by Crippen LogP contribution is -2.34. The summed E-state index contributed by atoms with van der Waals surface area (Å²) in [6.45, 7) is 1.85. The summed E-state index contributed by atoms with van der Waals surface area (Å²) in [5.74, 6) is -1.59. The third-order valence-electron chi connectivity index (χ3n) is 4.64. The summed E-state index contributed by atoms with van der Waals surface area (Å²) >= 11 is 0. The van der Waals surface area contributed by atoms with Gasteiger partial charge in [-0.2, -0.15) is 10.4 Å². The van der Waals surface area contributed by atoms with Crippen LogP contribution in [0.3, 0.4) is 0 Å². The zero-order valence-corrected chi connectivity index (χ0v) is 14.0. The van der Waals surface area contributed by atoms with E-state index in [0.717, 1.165) is 16.9 Å². The minimum absolute atomic E-state index is 0.362. The van der Waals surface area contributed by atoms with Crippen molar-refractivity contribution >= 4 is 11.7 Å². The Bertz CT molecular complexity index is 1020. The molecule has 1 aliphatic rings. The van der Waals surface area contributed by atoms with Gasteiger partial charge in [0.25, 0.3) is 0 Å². The SMILES string of the molecule is Cc1nn(-c2ccccc2)c2c1[C@@H](c1ccc(F)cc1)[C@@H](C#N)C(=O)N2. The monoisotopic (exact) mass is 346 g/mol. The van der Waals surface area contributed by atoms with Crippen LogP contribution in [0.4, 0.5) is 10.2 Å². The number of amides is 1. The molecule has 0 fully saturated rings. The Balaban J connectivity index is 1.94. The molecule has 1 N–H and O–H groups in total. The first-order chi connectivity index (χ1) is 12.6. The zero-order valence-electron chi connectivity index (χ0n) is 14.0. The summed E-state index contributed by atoms with van der Waals surface area (Å²) in [5.41, 5.74) is 3.03. The number of halogens is 1. The Morgan fingerprint density at radius 2 is 1.85 bits per heavy atom. The Morgan fingerprint density at radius 1 is 1.15 bits per heavy atom. The van der Waals surface area contributed by atoms with Crippen molar-refractivity contribution < 1.29 is 9.18 Å². The Kier molecular flexibility index (Phi) is 3.77. The van der Waals surface area contributed by atoms with Gasteiger partial charge in [-0.3, -0.25) is 4.79 Å². The predicted octanol–water partition coefficient (Wildman–Crippen LogP) is 3.54. The number of carbonyl (C=O) groups excluding carboxylic acids is 1. The Labute approximate surface area is 149 Å². The van der Waals surface area contributed by atoms with Crippen LogP contribution in [0.1, 0.15) is 22.7 Å². The number of hydrogen-bond donors (Lipinski definition) is 1. The van der Waals surface area contributed by atoms with Crippen molar-refractivity contribution in [3.63, 3.8) is 0 Å². The van der Waals surface area contributed by atoms with Crippen molar-refractivity contribution in [1.82, 2.24) is 9.78 Å². The molecule has 0 aliphatic carbocycles. The van der Waals surface area contributed by atoms with Crippen LogP contribution in [-0.2, 0) is 4.79 Å². The lowest BCUT2D eigenvalue weighted by atomic mass is 9.78. The number of nitrogens with zero attached hydrogens (tertiary/aromatic N) is 3. The van der Waals surface area contributed by atoms with E-state index in [0.29, 0.717) is 11.4 Å². The molecule has 0 spiro atoms. The van der Waals surface area contributed by atoms with Crippen LogP contribution in [0, 0.1) is 30.0 Å². The van der Waals surface area contributed by atoms with E-state index in [-0.39, 0.29) is 11.7 Å². The van der Waals surface area contributed by atoms with Gasteiger partial charge in [-0.05, 0) is 36.8 Å². The second-order valence-corrected chi connectivity index (χ2v) is 6.22. The number of benzene rings is 2.